The van der Waals surface area contributed by atoms with E-state index in [1.807, 2.05) is 6.92 Å². The molecule has 0 rings (SSSR count). The Bertz CT molecular complexity index is 318. The van der Waals surface area contributed by atoms with Crippen molar-refractivity contribution in [3.8, 4) is 0 Å². The molecule has 0 bridgehead atoms. The molecular weight excluding hydrogens is 272 g/mol. The zero-order valence-corrected chi connectivity index (χ0v) is 15.5. The molecule has 0 saturated heterocycles. The highest BCUT2D eigenvalue weighted by atomic mass is 16.4. The lowest BCUT2D eigenvalue weighted by atomic mass is 9.91. The largest absolute Gasteiger partial charge is 0.478 e. The summed E-state index contributed by atoms with van der Waals surface area (Å²) in [6.07, 6.45) is 12.7. The molecular formula is C20H38O2. The van der Waals surface area contributed by atoms with Crippen LogP contribution in [0.1, 0.15) is 92.4 Å². The summed E-state index contributed by atoms with van der Waals surface area (Å²) >= 11 is 0. The summed E-state index contributed by atoms with van der Waals surface area (Å²) in [5, 5.41) is 8.68. The van der Waals surface area contributed by atoms with Crippen molar-refractivity contribution in [1.29, 1.82) is 0 Å². The minimum atomic E-state index is -0.822. The van der Waals surface area contributed by atoms with Gasteiger partial charge < -0.3 is 5.11 Å². The first-order valence-corrected chi connectivity index (χ1v) is 9.21. The van der Waals surface area contributed by atoms with Crippen LogP contribution < -0.4 is 0 Å². The second kappa shape index (κ2) is 12.7. The number of aliphatic carboxylic acids is 1. The van der Waals surface area contributed by atoms with E-state index in [-0.39, 0.29) is 0 Å². The molecule has 0 aliphatic carbocycles. The molecule has 0 aliphatic heterocycles. The molecule has 0 aromatic carbocycles. The Morgan fingerprint density at radius 1 is 0.864 bits per heavy atom. The molecule has 2 unspecified atom stereocenters. The second-order valence-electron chi connectivity index (χ2n) is 7.69. The molecule has 0 aliphatic rings. The molecule has 0 saturated carbocycles. The standard InChI is InChI=1S/C20H38O2/c1-16(2)9-6-10-17(3)11-7-12-18(4)13-8-14-19(5)15-20(21)22/h15-18H,6-14H2,1-5H3,(H,21,22). The Morgan fingerprint density at radius 3 is 1.77 bits per heavy atom. The smallest absolute Gasteiger partial charge is 0.328 e. The van der Waals surface area contributed by atoms with Gasteiger partial charge in [-0.3, -0.25) is 0 Å². The predicted molar refractivity (Wildman–Crippen MR) is 96.1 cm³/mol. The lowest BCUT2D eigenvalue weighted by Crippen LogP contribution is -2.00. The van der Waals surface area contributed by atoms with E-state index in [1.165, 1.54) is 51.0 Å². The third-order valence-electron chi connectivity index (χ3n) is 4.51. The summed E-state index contributed by atoms with van der Waals surface area (Å²) in [6, 6.07) is 0. The van der Waals surface area contributed by atoms with E-state index in [0.29, 0.717) is 0 Å². The van der Waals surface area contributed by atoms with Crippen molar-refractivity contribution in [2.45, 2.75) is 92.4 Å². The molecule has 0 radical (unpaired) electrons. The Labute approximate surface area is 138 Å². The highest BCUT2D eigenvalue weighted by molar-refractivity contribution is 5.80. The van der Waals surface area contributed by atoms with Crippen molar-refractivity contribution >= 4 is 5.97 Å². The topological polar surface area (TPSA) is 37.3 Å². The number of hydrogen-bond donors (Lipinski definition) is 1. The number of carbonyl (C=O) groups is 1. The van der Waals surface area contributed by atoms with Crippen LogP contribution >= 0.6 is 0 Å². The van der Waals surface area contributed by atoms with Gasteiger partial charge in [0.2, 0.25) is 0 Å². The first-order valence-electron chi connectivity index (χ1n) is 9.21. The van der Waals surface area contributed by atoms with Crippen molar-refractivity contribution in [2.75, 3.05) is 0 Å². The molecule has 2 heteroatoms. The molecule has 0 heterocycles. The quantitative estimate of drug-likeness (QED) is 0.396. The van der Waals surface area contributed by atoms with Gasteiger partial charge in [0, 0.05) is 6.08 Å². The van der Waals surface area contributed by atoms with E-state index < -0.39 is 5.97 Å². The van der Waals surface area contributed by atoms with Crippen LogP contribution in [0.15, 0.2) is 11.6 Å². The van der Waals surface area contributed by atoms with Crippen LogP contribution in [0.3, 0.4) is 0 Å². The average molecular weight is 311 g/mol. The molecule has 1 N–H and O–H groups in total. The van der Waals surface area contributed by atoms with Crippen LogP contribution in [-0.4, -0.2) is 11.1 Å². The normalized spacial score (nSPS) is 15.1. The van der Waals surface area contributed by atoms with E-state index >= 15 is 0 Å². The zero-order valence-electron chi connectivity index (χ0n) is 15.5. The minimum absolute atomic E-state index is 0.764. The molecule has 0 aromatic heterocycles. The van der Waals surface area contributed by atoms with Gasteiger partial charge >= 0.3 is 5.97 Å². The van der Waals surface area contributed by atoms with Crippen molar-refractivity contribution < 1.29 is 9.90 Å². The third kappa shape index (κ3) is 14.2. The summed E-state index contributed by atoms with van der Waals surface area (Å²) in [7, 11) is 0. The Balaban J connectivity index is 3.60. The van der Waals surface area contributed by atoms with E-state index in [0.717, 1.165) is 36.2 Å². The van der Waals surface area contributed by atoms with Crippen molar-refractivity contribution in [2.24, 2.45) is 17.8 Å². The van der Waals surface area contributed by atoms with E-state index in [4.69, 9.17) is 5.11 Å². The van der Waals surface area contributed by atoms with Gasteiger partial charge in [-0.05, 0) is 37.5 Å². The minimum Gasteiger partial charge on any atom is -0.478 e. The molecule has 2 atom stereocenters. The second-order valence-corrected chi connectivity index (χ2v) is 7.69. The Kier molecular flexibility index (Phi) is 12.3. The van der Waals surface area contributed by atoms with Crippen LogP contribution in [0.4, 0.5) is 0 Å². The van der Waals surface area contributed by atoms with Gasteiger partial charge in [0.05, 0.1) is 0 Å². The number of hydrogen-bond acceptors (Lipinski definition) is 1. The van der Waals surface area contributed by atoms with Gasteiger partial charge in [-0.25, -0.2) is 4.79 Å². The molecule has 22 heavy (non-hydrogen) atoms. The van der Waals surface area contributed by atoms with Gasteiger partial charge in [-0.1, -0.05) is 78.2 Å². The number of allylic oxidation sites excluding steroid dienone is 1. The molecule has 130 valence electrons. The van der Waals surface area contributed by atoms with Gasteiger partial charge in [-0.2, -0.15) is 0 Å². The van der Waals surface area contributed by atoms with Gasteiger partial charge in [0.25, 0.3) is 0 Å². The lowest BCUT2D eigenvalue weighted by Gasteiger charge is -2.15. The van der Waals surface area contributed by atoms with Crippen LogP contribution in [0.5, 0.6) is 0 Å². The molecule has 2 nitrogen and oxygen atoms in total. The number of carboxylic acid groups (broad SMARTS) is 1. The summed E-state index contributed by atoms with van der Waals surface area (Å²) < 4.78 is 0. The summed E-state index contributed by atoms with van der Waals surface area (Å²) in [5.41, 5.74) is 0.985. The maximum Gasteiger partial charge on any atom is 0.328 e. The number of rotatable bonds is 13. The highest BCUT2D eigenvalue weighted by Gasteiger charge is 2.06. The van der Waals surface area contributed by atoms with Crippen molar-refractivity contribution in [3.63, 3.8) is 0 Å². The monoisotopic (exact) mass is 310 g/mol. The summed E-state index contributed by atoms with van der Waals surface area (Å²) in [6.45, 7) is 11.3. The summed E-state index contributed by atoms with van der Waals surface area (Å²) in [4.78, 5) is 10.5. The van der Waals surface area contributed by atoms with E-state index in [2.05, 4.69) is 27.7 Å². The lowest BCUT2D eigenvalue weighted by molar-refractivity contribution is -0.131. The fourth-order valence-electron chi connectivity index (χ4n) is 2.99. The zero-order chi connectivity index (χ0) is 17.0. The van der Waals surface area contributed by atoms with Crippen molar-refractivity contribution in [1.82, 2.24) is 0 Å². The number of carboxylic acids is 1. The van der Waals surface area contributed by atoms with Gasteiger partial charge in [0.15, 0.2) is 0 Å². The third-order valence-corrected chi connectivity index (χ3v) is 4.51. The molecule has 0 amide bonds. The van der Waals surface area contributed by atoms with Gasteiger partial charge in [-0.15, -0.1) is 0 Å². The predicted octanol–water partition coefficient (Wildman–Crippen LogP) is 6.46. The van der Waals surface area contributed by atoms with Crippen LogP contribution in [0.25, 0.3) is 0 Å². The maximum atomic E-state index is 10.5. The van der Waals surface area contributed by atoms with Crippen LogP contribution in [0, 0.1) is 17.8 Å². The Hall–Kier alpha value is -0.790. The molecule has 0 spiro atoms. The van der Waals surface area contributed by atoms with Crippen molar-refractivity contribution in [3.05, 3.63) is 11.6 Å². The highest BCUT2D eigenvalue weighted by Crippen LogP contribution is 2.21. The SMILES string of the molecule is CC(=CC(=O)O)CCCC(C)CCCC(C)CCCC(C)C. The fraction of sp³-hybridized carbons (Fsp3) is 0.850. The first-order chi connectivity index (χ1) is 10.3. The first kappa shape index (κ1) is 21.2. The van der Waals surface area contributed by atoms with Crippen LogP contribution in [0.2, 0.25) is 0 Å². The molecule has 0 fully saturated rings. The van der Waals surface area contributed by atoms with Gasteiger partial charge in [0.1, 0.15) is 0 Å². The van der Waals surface area contributed by atoms with E-state index in [9.17, 15) is 4.79 Å². The average Bonchev–Trinajstić information content (AvgIpc) is 2.37. The fourth-order valence-corrected chi connectivity index (χ4v) is 2.99. The molecule has 0 aromatic rings. The summed E-state index contributed by atoms with van der Waals surface area (Å²) in [5.74, 6) is 1.65. The maximum absolute atomic E-state index is 10.5. The Morgan fingerprint density at radius 2 is 1.32 bits per heavy atom. The van der Waals surface area contributed by atoms with Crippen LogP contribution in [-0.2, 0) is 4.79 Å². The van der Waals surface area contributed by atoms with E-state index in [1.54, 1.807) is 0 Å².